The predicted octanol–water partition coefficient (Wildman–Crippen LogP) is 0.155. The summed E-state index contributed by atoms with van der Waals surface area (Å²) in [6.07, 6.45) is 5.77. The van der Waals surface area contributed by atoms with Crippen molar-refractivity contribution in [3.8, 4) is 0 Å². The molecule has 1 nitrogen and oxygen atoms in total. The van der Waals surface area contributed by atoms with E-state index in [1.54, 1.807) is 16.9 Å². The first-order valence-electron chi connectivity index (χ1n) is 5.09. The zero-order chi connectivity index (χ0) is 11.4. The summed E-state index contributed by atoms with van der Waals surface area (Å²) in [6.45, 7) is 10.1. The summed E-state index contributed by atoms with van der Waals surface area (Å²) in [5.41, 5.74) is 1.33. The maximum atomic E-state index is 11.7. The Kier molecular flexibility index (Phi) is 9.40. The Morgan fingerprint density at radius 1 is 1.31 bits per heavy atom. The molecule has 0 aromatic carbocycles. The summed E-state index contributed by atoms with van der Waals surface area (Å²) >= 11 is 0. The average molecular weight is 280 g/mol. The van der Waals surface area contributed by atoms with Gasteiger partial charge in [0.1, 0.15) is 0 Å². The molecule has 0 N–H and O–H groups in total. The van der Waals surface area contributed by atoms with E-state index in [0.29, 0.717) is 11.2 Å². The molecular formula is C12H17KOS2. The molecule has 2 unspecified atom stereocenters. The molecule has 0 amide bonds. The van der Waals surface area contributed by atoms with Crippen LogP contribution in [0.1, 0.15) is 20.8 Å². The fourth-order valence-electron chi connectivity index (χ4n) is 1.57. The summed E-state index contributed by atoms with van der Waals surface area (Å²) in [5, 5.41) is 12.1. The van der Waals surface area contributed by atoms with Crippen LogP contribution in [0, 0.1) is 5.92 Å². The molecule has 1 aliphatic rings. The number of allylic oxidation sites excluding steroid dienone is 2. The summed E-state index contributed by atoms with van der Waals surface area (Å²) in [5.74, 6) is 0.538. The second kappa shape index (κ2) is 8.59. The average Bonchev–Trinajstić information content (AvgIpc) is 2.18. The molecule has 16 heavy (non-hydrogen) atoms. The largest absolute Gasteiger partial charge is 1.00 e. The van der Waals surface area contributed by atoms with Gasteiger partial charge in [-0.25, -0.2) is 0 Å². The van der Waals surface area contributed by atoms with Crippen molar-refractivity contribution >= 4 is 21.6 Å². The first-order valence-corrected chi connectivity index (χ1v) is 7.36. The minimum Gasteiger partial charge on any atom is -0.840 e. The number of rotatable bonds is 3. The van der Waals surface area contributed by atoms with Crippen molar-refractivity contribution in [2.24, 2.45) is 5.92 Å². The molecule has 84 valence electrons. The van der Waals surface area contributed by atoms with Crippen LogP contribution in [0.25, 0.3) is 0 Å². The number of hydrogen-bond acceptors (Lipinski definition) is 3. The molecule has 2 atom stereocenters. The summed E-state index contributed by atoms with van der Waals surface area (Å²) < 4.78 is 0. The third-order valence-corrected chi connectivity index (χ3v) is 5.34. The summed E-state index contributed by atoms with van der Waals surface area (Å²) in [4.78, 5) is 0. The predicted molar refractivity (Wildman–Crippen MR) is 69.6 cm³/mol. The summed E-state index contributed by atoms with van der Waals surface area (Å²) in [6, 6.07) is 0. The van der Waals surface area contributed by atoms with Gasteiger partial charge in [0, 0.05) is 5.25 Å². The van der Waals surface area contributed by atoms with Crippen molar-refractivity contribution in [1.29, 1.82) is 0 Å². The minimum absolute atomic E-state index is 0. The van der Waals surface area contributed by atoms with Crippen molar-refractivity contribution in [3.05, 3.63) is 36.0 Å². The minimum atomic E-state index is -0.686. The van der Waals surface area contributed by atoms with Crippen LogP contribution in [0.3, 0.4) is 0 Å². The van der Waals surface area contributed by atoms with E-state index >= 15 is 0 Å². The molecule has 0 saturated heterocycles. The van der Waals surface area contributed by atoms with Gasteiger partial charge >= 0.3 is 51.4 Å². The van der Waals surface area contributed by atoms with Gasteiger partial charge in [0.2, 0.25) is 0 Å². The van der Waals surface area contributed by atoms with Gasteiger partial charge in [-0.1, -0.05) is 49.4 Å². The van der Waals surface area contributed by atoms with Crippen molar-refractivity contribution in [2.75, 3.05) is 0 Å². The Labute approximate surface area is 149 Å². The van der Waals surface area contributed by atoms with Gasteiger partial charge in [0.15, 0.2) is 0 Å². The monoisotopic (exact) mass is 280 g/mol. The zero-order valence-corrected chi connectivity index (χ0v) is 15.2. The van der Waals surface area contributed by atoms with E-state index in [1.807, 2.05) is 13.0 Å². The molecule has 4 heteroatoms. The summed E-state index contributed by atoms with van der Waals surface area (Å²) in [7, 11) is 3.11. The second-order valence-corrected chi connectivity index (χ2v) is 6.28. The van der Waals surface area contributed by atoms with Crippen LogP contribution in [-0.4, -0.2) is 10.7 Å². The standard InChI is InChI=1S/C12H17OS2.K/c1-5-7-10-9(6-2)12(13)15-14-11(10)8(3)4;/h5-8,11-12H,2H2,1,3-4H3;/q-1;+1/b7-5-;. The van der Waals surface area contributed by atoms with E-state index in [2.05, 4.69) is 26.5 Å². The van der Waals surface area contributed by atoms with Crippen LogP contribution >= 0.6 is 21.6 Å². The molecule has 1 rings (SSSR count). The second-order valence-electron chi connectivity index (χ2n) is 3.80. The molecular weight excluding hydrogens is 263 g/mol. The van der Waals surface area contributed by atoms with Crippen LogP contribution in [0.15, 0.2) is 36.0 Å². The Bertz CT molecular complexity index is 297. The molecule has 0 fully saturated rings. The molecule has 1 aliphatic heterocycles. The Morgan fingerprint density at radius 3 is 2.38 bits per heavy atom. The van der Waals surface area contributed by atoms with Crippen molar-refractivity contribution in [1.82, 2.24) is 0 Å². The Morgan fingerprint density at radius 2 is 1.94 bits per heavy atom. The molecule has 1 heterocycles. The van der Waals surface area contributed by atoms with Gasteiger partial charge in [0.25, 0.3) is 0 Å². The Hall–Kier alpha value is 1.52. The van der Waals surface area contributed by atoms with Gasteiger partial charge in [-0.2, -0.15) is 0 Å². The van der Waals surface area contributed by atoms with Crippen LogP contribution in [0.2, 0.25) is 0 Å². The van der Waals surface area contributed by atoms with Gasteiger partial charge < -0.3 is 5.11 Å². The molecule has 0 bridgehead atoms. The van der Waals surface area contributed by atoms with Gasteiger partial charge in [-0.3, -0.25) is 0 Å². The van der Waals surface area contributed by atoms with Crippen LogP contribution in [-0.2, 0) is 0 Å². The van der Waals surface area contributed by atoms with Crippen LogP contribution < -0.4 is 56.5 Å². The topological polar surface area (TPSA) is 23.1 Å². The molecule has 0 aliphatic carbocycles. The maximum Gasteiger partial charge on any atom is 1.00 e. The van der Waals surface area contributed by atoms with E-state index in [4.69, 9.17) is 0 Å². The SMILES string of the molecule is C=CC1=C(/C=C\C)C(C(C)C)SSC1[O-].[K+]. The van der Waals surface area contributed by atoms with E-state index in [1.165, 1.54) is 10.8 Å². The quantitative estimate of drug-likeness (QED) is 0.543. The smallest absolute Gasteiger partial charge is 0.840 e. The first-order chi connectivity index (χ1) is 7.11. The molecule has 0 aromatic heterocycles. The fraction of sp³-hybridized carbons (Fsp3) is 0.500. The van der Waals surface area contributed by atoms with E-state index in [0.717, 1.165) is 11.1 Å². The van der Waals surface area contributed by atoms with E-state index in [9.17, 15) is 5.11 Å². The third kappa shape index (κ3) is 4.32. The van der Waals surface area contributed by atoms with Crippen molar-refractivity contribution in [3.63, 3.8) is 0 Å². The van der Waals surface area contributed by atoms with E-state index < -0.39 is 5.44 Å². The van der Waals surface area contributed by atoms with Gasteiger partial charge in [-0.05, 0) is 29.4 Å². The van der Waals surface area contributed by atoms with Crippen molar-refractivity contribution < 1.29 is 56.5 Å². The van der Waals surface area contributed by atoms with Gasteiger partial charge in [-0.15, -0.1) is 10.8 Å². The normalized spacial score (nSPS) is 26.1. The fourth-order valence-corrected chi connectivity index (χ4v) is 4.62. The van der Waals surface area contributed by atoms with Crippen LogP contribution in [0.4, 0.5) is 0 Å². The molecule has 0 spiro atoms. The number of hydrogen-bond donors (Lipinski definition) is 0. The van der Waals surface area contributed by atoms with E-state index in [-0.39, 0.29) is 51.4 Å². The zero-order valence-electron chi connectivity index (χ0n) is 10.4. The van der Waals surface area contributed by atoms with Crippen LogP contribution in [0.5, 0.6) is 0 Å². The van der Waals surface area contributed by atoms with Gasteiger partial charge in [0.05, 0.1) is 0 Å². The third-order valence-electron chi connectivity index (χ3n) is 2.31. The Balaban J connectivity index is 0.00000225. The molecule has 0 aromatic rings. The molecule has 0 saturated carbocycles. The first kappa shape index (κ1) is 17.5. The molecule has 0 radical (unpaired) electrons. The van der Waals surface area contributed by atoms with Crippen molar-refractivity contribution in [2.45, 2.75) is 31.5 Å². The maximum absolute atomic E-state index is 11.7.